The monoisotopic (exact) mass is 356 g/mol. The van der Waals surface area contributed by atoms with Crippen molar-refractivity contribution in [3.8, 4) is 0 Å². The first-order chi connectivity index (χ1) is 12.5. The van der Waals surface area contributed by atoms with Crippen LogP contribution in [0.15, 0.2) is 36.4 Å². The molecular formula is C19H20N2O5. The average Bonchev–Trinajstić information content (AvgIpc) is 3.38. The first kappa shape index (κ1) is 16.0. The van der Waals surface area contributed by atoms with Crippen LogP contribution in [0.4, 0.5) is 11.4 Å². The van der Waals surface area contributed by atoms with Crippen LogP contribution in [0.5, 0.6) is 0 Å². The molecule has 0 aliphatic carbocycles. The lowest BCUT2D eigenvalue weighted by molar-refractivity contribution is -0.180. The van der Waals surface area contributed by atoms with Crippen molar-refractivity contribution in [1.29, 1.82) is 0 Å². The number of imide groups is 1. The number of fused-ring (bicyclic) bond motifs is 5. The second-order valence-corrected chi connectivity index (χ2v) is 7.29. The van der Waals surface area contributed by atoms with Gasteiger partial charge in [0, 0.05) is 19.8 Å². The molecular weight excluding hydrogens is 336 g/mol. The van der Waals surface area contributed by atoms with Crippen LogP contribution in [0.2, 0.25) is 0 Å². The topological polar surface area (TPSA) is 68.3 Å². The highest BCUT2D eigenvalue weighted by molar-refractivity contribution is 6.23. The second kappa shape index (κ2) is 5.39. The van der Waals surface area contributed by atoms with Crippen LogP contribution in [0, 0.1) is 11.8 Å². The summed E-state index contributed by atoms with van der Waals surface area (Å²) in [6.07, 6.45) is 2.65. The predicted octanol–water partition coefficient (Wildman–Crippen LogP) is 0.938. The molecule has 0 spiro atoms. The lowest BCUT2D eigenvalue weighted by Gasteiger charge is -2.32. The number of carbonyl (C=O) groups is 2. The summed E-state index contributed by atoms with van der Waals surface area (Å²) < 4.78 is 17.3. The third-order valence-electron chi connectivity index (χ3n) is 5.69. The van der Waals surface area contributed by atoms with Gasteiger partial charge in [0.15, 0.2) is 11.9 Å². The molecule has 0 N–H and O–H groups in total. The minimum absolute atomic E-state index is 0.216. The predicted molar refractivity (Wildman–Crippen MR) is 92.7 cm³/mol. The van der Waals surface area contributed by atoms with Crippen molar-refractivity contribution in [2.45, 2.75) is 18.0 Å². The Labute approximate surface area is 151 Å². The highest BCUT2D eigenvalue weighted by Gasteiger charge is 2.71. The summed E-state index contributed by atoms with van der Waals surface area (Å²) in [7, 11) is 3.88. The Balaban J connectivity index is 1.51. The summed E-state index contributed by atoms with van der Waals surface area (Å²) in [5, 5.41) is 0. The number of benzene rings is 1. The number of rotatable bonds is 3. The molecule has 0 saturated carbocycles. The van der Waals surface area contributed by atoms with Crippen molar-refractivity contribution in [3.63, 3.8) is 0 Å². The summed E-state index contributed by atoms with van der Waals surface area (Å²) in [5.74, 6) is -1.59. The molecule has 4 heterocycles. The van der Waals surface area contributed by atoms with E-state index in [1.807, 2.05) is 43.3 Å². The SMILES string of the molecule is CN(C)c1ccc(N2C(=O)[C@H]3[C@@H](C2=O)[C@@]2(C4OCCO4)C=C[C@H]3O2)cc1. The molecule has 3 fully saturated rings. The van der Waals surface area contributed by atoms with Crippen LogP contribution in [0.25, 0.3) is 0 Å². The zero-order valence-corrected chi connectivity index (χ0v) is 14.6. The molecule has 0 unspecified atom stereocenters. The molecule has 5 rings (SSSR count). The molecule has 7 heteroatoms. The molecule has 1 aromatic rings. The van der Waals surface area contributed by atoms with Crippen molar-refractivity contribution in [2.24, 2.45) is 11.8 Å². The van der Waals surface area contributed by atoms with Crippen LogP contribution in [-0.4, -0.2) is 57.1 Å². The van der Waals surface area contributed by atoms with Gasteiger partial charge in [0.2, 0.25) is 11.8 Å². The average molecular weight is 356 g/mol. The fourth-order valence-electron chi connectivity index (χ4n) is 4.48. The van der Waals surface area contributed by atoms with E-state index < -0.39 is 29.8 Å². The van der Waals surface area contributed by atoms with E-state index in [4.69, 9.17) is 14.2 Å². The van der Waals surface area contributed by atoms with Gasteiger partial charge in [-0.2, -0.15) is 0 Å². The van der Waals surface area contributed by atoms with Gasteiger partial charge in [-0.25, -0.2) is 4.90 Å². The van der Waals surface area contributed by atoms with Gasteiger partial charge in [-0.1, -0.05) is 6.08 Å². The van der Waals surface area contributed by atoms with E-state index in [1.54, 1.807) is 12.1 Å². The van der Waals surface area contributed by atoms with E-state index in [1.165, 1.54) is 4.90 Å². The van der Waals surface area contributed by atoms with Crippen LogP contribution >= 0.6 is 0 Å². The van der Waals surface area contributed by atoms with E-state index >= 15 is 0 Å². The Kier molecular flexibility index (Phi) is 3.31. The zero-order chi connectivity index (χ0) is 18.1. The van der Waals surface area contributed by atoms with Gasteiger partial charge in [0.1, 0.15) is 0 Å². The van der Waals surface area contributed by atoms with Crippen molar-refractivity contribution in [3.05, 3.63) is 36.4 Å². The fourth-order valence-corrected chi connectivity index (χ4v) is 4.48. The summed E-state index contributed by atoms with van der Waals surface area (Å²) in [4.78, 5) is 29.6. The summed E-state index contributed by atoms with van der Waals surface area (Å²) in [5.41, 5.74) is 0.585. The molecule has 26 heavy (non-hydrogen) atoms. The van der Waals surface area contributed by atoms with Crippen LogP contribution in [0.1, 0.15) is 0 Å². The van der Waals surface area contributed by atoms with Crippen LogP contribution in [0.3, 0.4) is 0 Å². The van der Waals surface area contributed by atoms with Crippen LogP contribution in [-0.2, 0) is 23.8 Å². The highest BCUT2D eigenvalue weighted by Crippen LogP contribution is 2.55. The van der Waals surface area contributed by atoms with Gasteiger partial charge >= 0.3 is 0 Å². The Bertz CT molecular complexity index is 799. The maximum atomic E-state index is 13.2. The molecule has 136 valence electrons. The quantitative estimate of drug-likeness (QED) is 0.593. The number of hydrogen-bond donors (Lipinski definition) is 0. The third kappa shape index (κ3) is 1.93. The standard InChI is InChI=1S/C19H20N2O5/c1-20(2)11-3-5-12(6-4-11)21-16(22)14-13-7-8-19(26-13,15(14)17(21)23)18-24-9-10-25-18/h3-8,13-15,18H,9-10H2,1-2H3/t13-,14-,15+,19-/m1/s1. The fraction of sp³-hybridized carbons (Fsp3) is 0.474. The molecule has 0 aromatic heterocycles. The number of anilines is 2. The van der Waals surface area contributed by atoms with Gasteiger partial charge < -0.3 is 19.1 Å². The highest BCUT2D eigenvalue weighted by atomic mass is 16.7. The Morgan fingerprint density at radius 2 is 1.77 bits per heavy atom. The first-order valence-electron chi connectivity index (χ1n) is 8.78. The maximum Gasteiger partial charge on any atom is 0.241 e. The number of carbonyl (C=O) groups excluding carboxylic acids is 2. The van der Waals surface area contributed by atoms with Gasteiger partial charge in [0.05, 0.1) is 36.8 Å². The maximum absolute atomic E-state index is 13.2. The first-order valence-corrected chi connectivity index (χ1v) is 8.78. The molecule has 3 saturated heterocycles. The van der Waals surface area contributed by atoms with Gasteiger partial charge in [-0.15, -0.1) is 0 Å². The number of hydrogen-bond acceptors (Lipinski definition) is 6. The molecule has 2 bridgehead atoms. The van der Waals surface area contributed by atoms with Crippen molar-refractivity contribution in [2.75, 3.05) is 37.1 Å². The number of amides is 2. The Hall–Kier alpha value is -2.22. The van der Waals surface area contributed by atoms with E-state index in [9.17, 15) is 9.59 Å². The normalized spacial score (nSPS) is 35.6. The smallest absolute Gasteiger partial charge is 0.241 e. The lowest BCUT2D eigenvalue weighted by atomic mass is 9.76. The summed E-state index contributed by atoms with van der Waals surface area (Å²) >= 11 is 0. The number of ether oxygens (including phenoxy) is 3. The Morgan fingerprint density at radius 1 is 1.08 bits per heavy atom. The summed E-state index contributed by atoms with van der Waals surface area (Å²) in [6, 6.07) is 7.40. The minimum Gasteiger partial charge on any atom is -0.378 e. The van der Waals surface area contributed by atoms with Crippen molar-refractivity contribution < 1.29 is 23.8 Å². The van der Waals surface area contributed by atoms with E-state index in [-0.39, 0.29) is 11.8 Å². The van der Waals surface area contributed by atoms with Gasteiger partial charge in [-0.05, 0) is 30.3 Å². The van der Waals surface area contributed by atoms with E-state index in [2.05, 4.69) is 0 Å². The number of nitrogens with zero attached hydrogens (tertiary/aromatic N) is 2. The molecule has 2 amide bonds. The van der Waals surface area contributed by atoms with Crippen LogP contribution < -0.4 is 9.80 Å². The van der Waals surface area contributed by atoms with Crippen molar-refractivity contribution >= 4 is 23.2 Å². The Morgan fingerprint density at radius 3 is 2.42 bits per heavy atom. The molecule has 4 aliphatic heterocycles. The second-order valence-electron chi connectivity index (χ2n) is 7.29. The third-order valence-corrected chi connectivity index (χ3v) is 5.69. The molecule has 1 aromatic carbocycles. The zero-order valence-electron chi connectivity index (χ0n) is 14.6. The summed E-state index contributed by atoms with van der Waals surface area (Å²) in [6.45, 7) is 0.924. The molecule has 0 radical (unpaired) electrons. The molecule has 4 atom stereocenters. The van der Waals surface area contributed by atoms with Gasteiger partial charge in [-0.3, -0.25) is 9.59 Å². The minimum atomic E-state index is -1.00. The lowest BCUT2D eigenvalue weighted by Crippen LogP contribution is -2.49. The molecule has 7 nitrogen and oxygen atoms in total. The van der Waals surface area contributed by atoms with E-state index in [0.29, 0.717) is 18.9 Å². The molecule has 4 aliphatic rings. The van der Waals surface area contributed by atoms with Crippen molar-refractivity contribution in [1.82, 2.24) is 0 Å². The van der Waals surface area contributed by atoms with Gasteiger partial charge in [0.25, 0.3) is 0 Å². The largest absolute Gasteiger partial charge is 0.378 e. The van der Waals surface area contributed by atoms with E-state index in [0.717, 1.165) is 5.69 Å².